The van der Waals surface area contributed by atoms with Crippen LogP contribution in [-0.2, 0) is 14.8 Å². The molecule has 1 aromatic carbocycles. The Labute approximate surface area is 160 Å². The molecule has 1 aliphatic rings. The van der Waals surface area contributed by atoms with E-state index in [0.29, 0.717) is 32.5 Å². The van der Waals surface area contributed by atoms with E-state index in [9.17, 15) is 13.2 Å². The molecule has 1 aromatic heterocycles. The molecule has 2 aromatic rings. The molecule has 2 heterocycles. The van der Waals surface area contributed by atoms with Crippen molar-refractivity contribution in [1.82, 2.24) is 14.6 Å². The fraction of sp³-hybridized carbons (Fsp3) is 0.400. The van der Waals surface area contributed by atoms with Gasteiger partial charge in [-0.05, 0) is 30.5 Å². The zero-order valence-corrected chi connectivity index (χ0v) is 16.2. The van der Waals surface area contributed by atoms with E-state index in [4.69, 9.17) is 0 Å². The van der Waals surface area contributed by atoms with Gasteiger partial charge in [-0.1, -0.05) is 36.4 Å². The maximum Gasteiger partial charge on any atom is 0.223 e. The van der Waals surface area contributed by atoms with E-state index in [1.807, 2.05) is 48.5 Å². The molecular formula is C20H25N3O3S. The Morgan fingerprint density at radius 1 is 1.15 bits per heavy atom. The molecule has 0 saturated carbocycles. The second-order valence-corrected chi connectivity index (χ2v) is 8.88. The number of amides is 1. The molecule has 1 aliphatic heterocycles. The van der Waals surface area contributed by atoms with Gasteiger partial charge in [0.05, 0.1) is 6.26 Å². The summed E-state index contributed by atoms with van der Waals surface area (Å²) < 4.78 is 24.7. The molecule has 0 bridgehead atoms. The first-order valence-corrected chi connectivity index (χ1v) is 11.0. The first kappa shape index (κ1) is 19.5. The highest BCUT2D eigenvalue weighted by atomic mass is 32.2. The van der Waals surface area contributed by atoms with Crippen molar-refractivity contribution in [2.45, 2.75) is 18.8 Å². The minimum Gasteiger partial charge on any atom is -0.355 e. The molecule has 0 aliphatic carbocycles. The molecule has 6 nitrogen and oxygen atoms in total. The molecule has 27 heavy (non-hydrogen) atoms. The van der Waals surface area contributed by atoms with E-state index in [0.717, 1.165) is 11.3 Å². The SMILES string of the molecule is CS(=O)(=O)N1CCC(C(=O)NCC(c2ccccc2)c2ccccn2)CC1. The van der Waals surface area contributed by atoms with Gasteiger partial charge in [0.25, 0.3) is 0 Å². The summed E-state index contributed by atoms with van der Waals surface area (Å²) in [6, 6.07) is 15.8. The van der Waals surface area contributed by atoms with Gasteiger partial charge in [-0.2, -0.15) is 0 Å². The van der Waals surface area contributed by atoms with Crippen LogP contribution in [0.1, 0.15) is 30.0 Å². The molecule has 1 saturated heterocycles. The highest BCUT2D eigenvalue weighted by Gasteiger charge is 2.29. The van der Waals surface area contributed by atoms with Crippen LogP contribution in [0.25, 0.3) is 0 Å². The molecule has 1 unspecified atom stereocenters. The highest BCUT2D eigenvalue weighted by molar-refractivity contribution is 7.88. The predicted octanol–water partition coefficient (Wildman–Crippen LogP) is 2.00. The Bertz CT molecular complexity index is 809. The summed E-state index contributed by atoms with van der Waals surface area (Å²) in [6.45, 7) is 1.27. The lowest BCUT2D eigenvalue weighted by atomic mass is 9.93. The fourth-order valence-corrected chi connectivity index (χ4v) is 4.33. The zero-order valence-electron chi connectivity index (χ0n) is 15.4. The van der Waals surface area contributed by atoms with Crippen LogP contribution in [0, 0.1) is 5.92 Å². The number of sulfonamides is 1. The first-order valence-electron chi connectivity index (χ1n) is 9.14. The summed E-state index contributed by atoms with van der Waals surface area (Å²) in [6.07, 6.45) is 4.08. The molecule has 0 spiro atoms. The van der Waals surface area contributed by atoms with Gasteiger partial charge >= 0.3 is 0 Å². The predicted molar refractivity (Wildman–Crippen MR) is 105 cm³/mol. The third-order valence-corrected chi connectivity index (χ3v) is 6.32. The molecule has 7 heteroatoms. The second kappa shape index (κ2) is 8.63. The number of hydrogen-bond acceptors (Lipinski definition) is 4. The lowest BCUT2D eigenvalue weighted by molar-refractivity contribution is -0.126. The Morgan fingerprint density at radius 2 is 1.81 bits per heavy atom. The van der Waals surface area contributed by atoms with Crippen LogP contribution in [0.4, 0.5) is 0 Å². The van der Waals surface area contributed by atoms with Gasteiger partial charge in [0.2, 0.25) is 15.9 Å². The Morgan fingerprint density at radius 3 is 2.41 bits per heavy atom. The van der Waals surface area contributed by atoms with Gasteiger partial charge in [-0.25, -0.2) is 12.7 Å². The Balaban J connectivity index is 1.63. The maximum absolute atomic E-state index is 12.6. The number of carbonyl (C=O) groups is 1. The number of pyridine rings is 1. The summed E-state index contributed by atoms with van der Waals surface area (Å²) in [5.74, 6) is -0.185. The lowest BCUT2D eigenvalue weighted by Crippen LogP contribution is -2.43. The summed E-state index contributed by atoms with van der Waals surface area (Å²) in [4.78, 5) is 17.1. The summed E-state index contributed by atoms with van der Waals surface area (Å²) >= 11 is 0. The van der Waals surface area contributed by atoms with Gasteiger partial charge in [-0.3, -0.25) is 9.78 Å². The van der Waals surface area contributed by atoms with Crippen molar-refractivity contribution in [1.29, 1.82) is 0 Å². The van der Waals surface area contributed by atoms with Crippen molar-refractivity contribution >= 4 is 15.9 Å². The van der Waals surface area contributed by atoms with Gasteiger partial charge in [0.15, 0.2) is 0 Å². The second-order valence-electron chi connectivity index (χ2n) is 6.90. The number of benzene rings is 1. The average Bonchev–Trinajstić information content (AvgIpc) is 2.69. The number of nitrogens with one attached hydrogen (secondary N) is 1. The van der Waals surface area contributed by atoms with Crippen LogP contribution in [0.3, 0.4) is 0 Å². The van der Waals surface area contributed by atoms with E-state index in [-0.39, 0.29) is 17.7 Å². The van der Waals surface area contributed by atoms with Gasteiger partial charge in [0, 0.05) is 43.4 Å². The maximum atomic E-state index is 12.6. The number of hydrogen-bond donors (Lipinski definition) is 1. The number of carbonyl (C=O) groups excluding carboxylic acids is 1. The molecule has 1 N–H and O–H groups in total. The first-order chi connectivity index (χ1) is 12.9. The minimum atomic E-state index is -3.18. The number of piperidine rings is 1. The van der Waals surface area contributed by atoms with Crippen LogP contribution < -0.4 is 5.32 Å². The molecule has 3 rings (SSSR count). The van der Waals surface area contributed by atoms with Crippen LogP contribution in [0.15, 0.2) is 54.7 Å². The minimum absolute atomic E-state index is 0.0139. The Hall–Kier alpha value is -2.25. The van der Waals surface area contributed by atoms with Gasteiger partial charge in [0.1, 0.15) is 0 Å². The van der Waals surface area contributed by atoms with Crippen LogP contribution in [-0.4, -0.2) is 49.5 Å². The van der Waals surface area contributed by atoms with E-state index >= 15 is 0 Å². The zero-order chi connectivity index (χ0) is 19.3. The van der Waals surface area contributed by atoms with Crippen molar-refractivity contribution in [2.24, 2.45) is 5.92 Å². The van der Waals surface area contributed by atoms with Crippen molar-refractivity contribution in [3.63, 3.8) is 0 Å². The molecule has 1 amide bonds. The topological polar surface area (TPSA) is 79.4 Å². The quantitative estimate of drug-likeness (QED) is 0.822. The standard InChI is InChI=1S/C20H25N3O3S/c1-27(25,26)23-13-10-17(11-14-23)20(24)22-15-18(16-7-3-2-4-8-16)19-9-5-6-12-21-19/h2-9,12,17-18H,10-11,13-15H2,1H3,(H,22,24). The van der Waals surface area contributed by atoms with Crippen molar-refractivity contribution in [3.8, 4) is 0 Å². The monoisotopic (exact) mass is 387 g/mol. The lowest BCUT2D eigenvalue weighted by Gasteiger charge is -2.29. The largest absolute Gasteiger partial charge is 0.355 e. The Kier molecular flexibility index (Phi) is 6.23. The fourth-order valence-electron chi connectivity index (χ4n) is 3.46. The van der Waals surface area contributed by atoms with Gasteiger partial charge in [-0.15, -0.1) is 0 Å². The van der Waals surface area contributed by atoms with Crippen LogP contribution >= 0.6 is 0 Å². The van der Waals surface area contributed by atoms with E-state index in [1.54, 1.807) is 6.20 Å². The van der Waals surface area contributed by atoms with E-state index < -0.39 is 10.0 Å². The number of aromatic nitrogens is 1. The van der Waals surface area contributed by atoms with Crippen LogP contribution in [0.5, 0.6) is 0 Å². The normalized spacial score (nSPS) is 17.4. The van der Waals surface area contributed by atoms with Crippen LogP contribution in [0.2, 0.25) is 0 Å². The summed E-state index contributed by atoms with van der Waals surface area (Å²) in [5.41, 5.74) is 2.01. The number of nitrogens with zero attached hydrogens (tertiary/aromatic N) is 2. The third kappa shape index (κ3) is 5.14. The number of rotatable bonds is 6. The van der Waals surface area contributed by atoms with Crippen molar-refractivity contribution < 1.29 is 13.2 Å². The molecule has 1 fully saturated rings. The van der Waals surface area contributed by atoms with E-state index in [2.05, 4.69) is 10.3 Å². The average molecular weight is 388 g/mol. The summed E-state index contributed by atoms with van der Waals surface area (Å²) in [5, 5.41) is 3.06. The van der Waals surface area contributed by atoms with Crippen molar-refractivity contribution in [2.75, 3.05) is 25.9 Å². The molecule has 0 radical (unpaired) electrons. The summed E-state index contributed by atoms with van der Waals surface area (Å²) in [7, 11) is -3.18. The van der Waals surface area contributed by atoms with Gasteiger partial charge < -0.3 is 5.32 Å². The van der Waals surface area contributed by atoms with Crippen molar-refractivity contribution in [3.05, 3.63) is 66.0 Å². The molecular weight excluding hydrogens is 362 g/mol. The molecule has 144 valence electrons. The molecule has 1 atom stereocenters. The smallest absolute Gasteiger partial charge is 0.223 e. The van der Waals surface area contributed by atoms with E-state index in [1.165, 1.54) is 10.6 Å². The third-order valence-electron chi connectivity index (χ3n) is 5.02. The highest BCUT2D eigenvalue weighted by Crippen LogP contribution is 2.23.